The van der Waals surface area contributed by atoms with E-state index in [9.17, 15) is 35.4 Å². The summed E-state index contributed by atoms with van der Waals surface area (Å²) in [5.74, 6) is -1.12. The molecule has 2 bridgehead atoms. The van der Waals surface area contributed by atoms with E-state index >= 15 is 0 Å². The maximum absolute atomic E-state index is 13.4. The largest absolute Gasteiger partial charge is 0.508 e. The zero-order valence-corrected chi connectivity index (χ0v) is 40.3. The number of phenols is 2. The third-order valence-corrected chi connectivity index (χ3v) is 17.2. The molecule has 1 aromatic heterocycles. The van der Waals surface area contributed by atoms with Gasteiger partial charge < -0.3 is 46.7 Å². The van der Waals surface area contributed by atoms with E-state index in [0.717, 1.165) is 61.9 Å². The van der Waals surface area contributed by atoms with Crippen molar-refractivity contribution in [2.45, 2.75) is 160 Å². The van der Waals surface area contributed by atoms with E-state index in [1.807, 2.05) is 12.1 Å². The Labute approximate surface area is 398 Å². The molecule has 10 nitrogen and oxygen atoms in total. The fourth-order valence-corrected chi connectivity index (χ4v) is 13.6. The SMILES string of the molecule is CCCCCC1C=CC(CCCCC2CCC(c3ccc(-c4cc(O)cc(O)c4Cc4ccc(C(C)C)cc4)[nH]3)C3CC(CC4=CCNC(N)=C4)C4CCC(CC43O)C(O)C2C(=O)O)C(O)C1. The Morgan fingerprint density at radius 3 is 2.39 bits per heavy atom. The molecule has 0 saturated heterocycles. The number of rotatable bonds is 17. The Morgan fingerprint density at radius 2 is 1.66 bits per heavy atom. The van der Waals surface area contributed by atoms with Crippen LogP contribution in [-0.2, 0) is 11.2 Å². The van der Waals surface area contributed by atoms with Crippen LogP contribution < -0.4 is 11.1 Å². The second kappa shape index (κ2) is 21.4. The van der Waals surface area contributed by atoms with E-state index in [1.165, 1.54) is 36.5 Å². The number of aromatic hydroxyl groups is 2. The fourth-order valence-electron chi connectivity index (χ4n) is 13.6. The third kappa shape index (κ3) is 11.0. The highest BCUT2D eigenvalue weighted by atomic mass is 16.4. The Kier molecular flexibility index (Phi) is 15.6. The summed E-state index contributed by atoms with van der Waals surface area (Å²) in [6.07, 6.45) is 21.0. The average molecular weight is 918 g/mol. The zero-order chi connectivity index (χ0) is 47.4. The summed E-state index contributed by atoms with van der Waals surface area (Å²) in [5.41, 5.74) is 11.7. The summed E-state index contributed by atoms with van der Waals surface area (Å²) in [4.78, 5) is 17.2. The standard InChI is InChI=1S/C57H79N3O7/c1-4-5-6-9-35-14-17-39(51(62)28-35)10-7-8-11-40-18-20-44(49-22-23-50(60-49)45-31-43(61)32-52(63)46(45)27-36-12-15-38(16-13-36)34(2)3)48-30-42(26-37-24-25-59-53(58)29-37)47-21-19-41(33-57(47,48)67)55(64)54(40)56(65)66/h12-17,22-24,29,31-32,34-35,39-42,44,47-48,51,54-55,59-64,67H,4-11,18-21,25-28,30,33,58H2,1-3H3,(H,65,66). The highest BCUT2D eigenvalue weighted by molar-refractivity contribution is 5.72. The summed E-state index contributed by atoms with van der Waals surface area (Å²) >= 11 is 0. The molecule has 3 saturated carbocycles. The maximum Gasteiger partial charge on any atom is 0.309 e. The number of aliphatic carboxylic acids is 1. The molecule has 2 heterocycles. The van der Waals surface area contributed by atoms with Crippen LogP contribution >= 0.6 is 0 Å². The summed E-state index contributed by atoms with van der Waals surface area (Å²) in [5, 5.41) is 73.0. The van der Waals surface area contributed by atoms with E-state index in [-0.39, 0.29) is 59.0 Å². The van der Waals surface area contributed by atoms with E-state index in [0.29, 0.717) is 80.3 Å². The van der Waals surface area contributed by atoms with Crippen LogP contribution in [0.25, 0.3) is 11.3 Å². The molecule has 364 valence electrons. The second-order valence-electron chi connectivity index (χ2n) is 21.8. The first-order valence-corrected chi connectivity index (χ1v) is 25.9. The number of benzene rings is 2. The molecule has 3 aromatic rings. The molecule has 1 aliphatic heterocycles. The third-order valence-electron chi connectivity index (χ3n) is 17.2. The number of phenolic OH excluding ortho intramolecular Hbond substituents is 2. The number of aromatic amines is 1. The maximum atomic E-state index is 13.4. The van der Waals surface area contributed by atoms with Crippen LogP contribution in [0.2, 0.25) is 0 Å². The van der Waals surface area contributed by atoms with Crippen molar-refractivity contribution in [1.29, 1.82) is 0 Å². The first-order chi connectivity index (χ1) is 32.2. The molecule has 10 N–H and O–H groups in total. The van der Waals surface area contributed by atoms with Gasteiger partial charge in [0.05, 0.1) is 29.5 Å². The number of carbonyl (C=O) groups is 1. The van der Waals surface area contributed by atoms with Crippen molar-refractivity contribution in [2.24, 2.45) is 53.1 Å². The molecular weight excluding hydrogens is 839 g/mol. The Bertz CT molecular complexity index is 2240. The van der Waals surface area contributed by atoms with Gasteiger partial charge in [-0.2, -0.15) is 0 Å². The summed E-state index contributed by atoms with van der Waals surface area (Å²) in [6, 6.07) is 15.7. The average Bonchev–Trinajstić information content (AvgIpc) is 3.89. The van der Waals surface area contributed by atoms with Crippen molar-refractivity contribution in [2.75, 3.05) is 6.54 Å². The molecule has 0 spiro atoms. The minimum Gasteiger partial charge on any atom is -0.508 e. The summed E-state index contributed by atoms with van der Waals surface area (Å²) in [7, 11) is 0. The van der Waals surface area contributed by atoms with Crippen molar-refractivity contribution in [3.8, 4) is 22.8 Å². The lowest BCUT2D eigenvalue weighted by molar-refractivity contribution is -0.158. The van der Waals surface area contributed by atoms with Gasteiger partial charge in [0.15, 0.2) is 0 Å². The number of unbranched alkanes of at least 4 members (excludes halogenated alkanes) is 3. The highest BCUT2D eigenvalue weighted by Gasteiger charge is 2.60. The molecule has 10 heteroatoms. The zero-order valence-electron chi connectivity index (χ0n) is 40.3. The second-order valence-corrected chi connectivity index (χ2v) is 21.8. The van der Waals surface area contributed by atoms with Crippen molar-refractivity contribution < 1.29 is 35.4 Å². The van der Waals surface area contributed by atoms with E-state index in [4.69, 9.17) is 5.73 Å². The number of dihydropyridines is 1. The van der Waals surface area contributed by atoms with Crippen LogP contribution in [-0.4, -0.2) is 65.9 Å². The van der Waals surface area contributed by atoms with Gasteiger partial charge in [0.2, 0.25) is 0 Å². The van der Waals surface area contributed by atoms with Gasteiger partial charge in [0.25, 0.3) is 0 Å². The Hall–Kier alpha value is -4.51. The molecular formula is C57H79N3O7. The van der Waals surface area contributed by atoms with Crippen molar-refractivity contribution in [3.05, 3.63) is 107 Å². The van der Waals surface area contributed by atoms with Crippen LogP contribution in [0.1, 0.15) is 158 Å². The number of nitrogens with one attached hydrogen (secondary N) is 2. The van der Waals surface area contributed by atoms with Crippen LogP contribution in [0.5, 0.6) is 11.5 Å². The van der Waals surface area contributed by atoms with Crippen LogP contribution in [0, 0.1) is 47.3 Å². The van der Waals surface area contributed by atoms with Gasteiger partial charge in [0.1, 0.15) is 11.5 Å². The normalized spacial score (nSPS) is 31.8. The quantitative estimate of drug-likeness (QED) is 0.0468. The minimum atomic E-state index is -1.12. The molecule has 12 unspecified atom stereocenters. The topological polar surface area (TPSA) is 192 Å². The smallest absolute Gasteiger partial charge is 0.309 e. The number of fused-ring (bicyclic) bond motifs is 1. The van der Waals surface area contributed by atoms with E-state index < -0.39 is 23.6 Å². The van der Waals surface area contributed by atoms with Gasteiger partial charge in [-0.05, 0) is 153 Å². The molecule has 8 rings (SSSR count). The fraction of sp³-hybridized carbons (Fsp3) is 0.596. The molecule has 0 radical (unpaired) electrons. The monoisotopic (exact) mass is 918 g/mol. The van der Waals surface area contributed by atoms with Gasteiger partial charge in [-0.1, -0.05) is 95.4 Å². The van der Waals surface area contributed by atoms with Crippen LogP contribution in [0.3, 0.4) is 0 Å². The first-order valence-electron chi connectivity index (χ1n) is 25.9. The van der Waals surface area contributed by atoms with Crippen molar-refractivity contribution in [3.63, 3.8) is 0 Å². The van der Waals surface area contributed by atoms with E-state index in [1.54, 1.807) is 6.07 Å². The minimum absolute atomic E-state index is 0.0189. The lowest BCUT2D eigenvalue weighted by Gasteiger charge is -2.49. The Balaban J connectivity index is 1.09. The number of nitrogens with two attached hydrogens (primary N) is 1. The van der Waals surface area contributed by atoms with Gasteiger partial charge in [-0.15, -0.1) is 0 Å². The van der Waals surface area contributed by atoms with Gasteiger partial charge in [-0.25, -0.2) is 0 Å². The number of aliphatic hydroxyl groups excluding tert-OH is 2. The molecule has 2 aromatic carbocycles. The van der Waals surface area contributed by atoms with Crippen molar-refractivity contribution in [1.82, 2.24) is 10.3 Å². The van der Waals surface area contributed by atoms with Crippen LogP contribution in [0.4, 0.5) is 0 Å². The number of H-pyrrole nitrogens is 1. The summed E-state index contributed by atoms with van der Waals surface area (Å²) in [6.45, 7) is 7.21. The van der Waals surface area contributed by atoms with Crippen LogP contribution in [0.15, 0.2) is 84.2 Å². The number of hydrogen-bond acceptors (Lipinski definition) is 8. The van der Waals surface area contributed by atoms with Gasteiger partial charge >= 0.3 is 5.97 Å². The van der Waals surface area contributed by atoms with Crippen molar-refractivity contribution >= 4 is 5.97 Å². The lowest BCUT2D eigenvalue weighted by Crippen LogP contribution is -2.52. The van der Waals surface area contributed by atoms with Gasteiger partial charge in [-0.3, -0.25) is 4.79 Å². The number of aromatic nitrogens is 1. The molecule has 67 heavy (non-hydrogen) atoms. The van der Waals surface area contributed by atoms with E-state index in [2.05, 4.69) is 79.6 Å². The Morgan fingerprint density at radius 1 is 0.881 bits per heavy atom. The number of carboxylic acid groups (broad SMARTS) is 1. The first kappa shape index (κ1) is 48.9. The molecule has 0 amide bonds. The number of carboxylic acids is 1. The highest BCUT2D eigenvalue weighted by Crippen LogP contribution is 2.61. The number of allylic oxidation sites excluding steroid dienone is 3. The number of hydrogen-bond donors (Lipinski definition) is 9. The molecule has 4 aliphatic carbocycles. The predicted octanol–water partition coefficient (Wildman–Crippen LogP) is 10.6. The molecule has 12 atom stereocenters. The summed E-state index contributed by atoms with van der Waals surface area (Å²) < 4.78 is 0. The predicted molar refractivity (Wildman–Crippen MR) is 265 cm³/mol. The number of aliphatic hydroxyl groups is 3. The molecule has 5 aliphatic rings. The lowest BCUT2D eigenvalue weighted by atomic mass is 9.60. The van der Waals surface area contributed by atoms with Gasteiger partial charge in [0, 0.05) is 53.4 Å². The molecule has 3 fully saturated rings.